The molecule has 0 bridgehead atoms. The number of amides is 1. The van der Waals surface area contributed by atoms with Gasteiger partial charge in [-0.1, -0.05) is 39.2 Å². The molecule has 166 valence electrons. The molecular weight excluding hydrogens is 406 g/mol. The molecule has 1 saturated carbocycles. The van der Waals surface area contributed by atoms with Crippen molar-refractivity contribution in [2.24, 2.45) is 5.92 Å². The Kier molecular flexibility index (Phi) is 9.59. The second-order valence-electron chi connectivity index (χ2n) is 8.54. The van der Waals surface area contributed by atoms with Crippen LogP contribution in [-0.2, 0) is 14.8 Å². The highest BCUT2D eigenvalue weighted by Crippen LogP contribution is 2.24. The molecule has 1 unspecified atom stereocenters. The summed E-state index contributed by atoms with van der Waals surface area (Å²) in [6, 6.07) is 3.61. The summed E-state index contributed by atoms with van der Waals surface area (Å²) >= 11 is 1.15. The van der Waals surface area contributed by atoms with Crippen molar-refractivity contribution in [3.05, 3.63) is 17.5 Å². The van der Waals surface area contributed by atoms with Crippen molar-refractivity contribution in [2.45, 2.75) is 88.6 Å². The number of hydrogen-bond acceptors (Lipinski definition) is 5. The van der Waals surface area contributed by atoms with Gasteiger partial charge in [0.2, 0.25) is 5.91 Å². The number of nitrogens with zero attached hydrogens (tertiary/aromatic N) is 1. The quantitative estimate of drug-likeness (QED) is 0.512. The molecular formula is C21H37N3O3S2. The highest BCUT2D eigenvalue weighted by Gasteiger charge is 2.29. The summed E-state index contributed by atoms with van der Waals surface area (Å²) in [7, 11) is -3.68. The van der Waals surface area contributed by atoms with Gasteiger partial charge in [-0.25, -0.2) is 8.42 Å². The van der Waals surface area contributed by atoms with Gasteiger partial charge in [-0.2, -0.15) is 4.72 Å². The van der Waals surface area contributed by atoms with Crippen molar-refractivity contribution in [3.63, 3.8) is 0 Å². The Morgan fingerprint density at radius 2 is 1.90 bits per heavy atom. The van der Waals surface area contributed by atoms with E-state index in [0.29, 0.717) is 18.6 Å². The van der Waals surface area contributed by atoms with Crippen LogP contribution in [0.15, 0.2) is 21.7 Å². The lowest BCUT2D eigenvalue weighted by Gasteiger charge is -2.37. The minimum Gasteiger partial charge on any atom is -0.355 e. The molecule has 1 aliphatic rings. The molecule has 8 heteroatoms. The molecule has 0 aliphatic heterocycles. The van der Waals surface area contributed by atoms with Gasteiger partial charge in [0.25, 0.3) is 10.0 Å². The van der Waals surface area contributed by atoms with Gasteiger partial charge < -0.3 is 5.32 Å². The third-order valence-electron chi connectivity index (χ3n) is 5.59. The summed E-state index contributed by atoms with van der Waals surface area (Å²) in [5.41, 5.74) is 0. The Hall–Kier alpha value is -0.960. The topological polar surface area (TPSA) is 78.5 Å². The zero-order chi connectivity index (χ0) is 21.4. The fraction of sp³-hybridized carbons (Fsp3) is 0.762. The summed E-state index contributed by atoms with van der Waals surface area (Å²) < 4.78 is 27.8. The van der Waals surface area contributed by atoms with Crippen LogP contribution in [0.1, 0.15) is 66.2 Å². The van der Waals surface area contributed by atoms with Gasteiger partial charge in [0, 0.05) is 25.2 Å². The van der Waals surface area contributed by atoms with Crippen LogP contribution >= 0.6 is 11.3 Å². The first-order chi connectivity index (χ1) is 13.7. The molecule has 1 amide bonds. The fourth-order valence-corrected chi connectivity index (χ4v) is 6.35. The summed E-state index contributed by atoms with van der Waals surface area (Å²) in [6.07, 6.45) is 7.37. The lowest BCUT2D eigenvalue weighted by atomic mass is 9.93. The van der Waals surface area contributed by atoms with Gasteiger partial charge in [0.1, 0.15) is 10.3 Å². The van der Waals surface area contributed by atoms with Gasteiger partial charge in [0.15, 0.2) is 0 Å². The molecule has 1 aromatic heterocycles. The van der Waals surface area contributed by atoms with Gasteiger partial charge in [0.05, 0.1) is 0 Å². The first-order valence-electron chi connectivity index (χ1n) is 10.8. The third kappa shape index (κ3) is 7.35. The van der Waals surface area contributed by atoms with Crippen molar-refractivity contribution in [1.82, 2.24) is 14.9 Å². The highest BCUT2D eigenvalue weighted by molar-refractivity contribution is 7.91. The number of rotatable bonds is 11. The Morgan fingerprint density at radius 3 is 2.45 bits per heavy atom. The van der Waals surface area contributed by atoms with Gasteiger partial charge >= 0.3 is 0 Å². The molecule has 2 rings (SSSR count). The van der Waals surface area contributed by atoms with Crippen LogP contribution in [0.3, 0.4) is 0 Å². The predicted octanol–water partition coefficient (Wildman–Crippen LogP) is 3.60. The normalized spacial score (nSPS) is 17.2. The van der Waals surface area contributed by atoms with Crippen molar-refractivity contribution in [1.29, 1.82) is 0 Å². The molecule has 0 spiro atoms. The van der Waals surface area contributed by atoms with Crippen molar-refractivity contribution >= 4 is 27.3 Å². The van der Waals surface area contributed by atoms with E-state index in [1.807, 2.05) is 13.8 Å². The lowest BCUT2D eigenvalue weighted by Crippen LogP contribution is -2.50. The zero-order valence-corrected chi connectivity index (χ0v) is 19.8. The molecule has 1 fully saturated rings. The van der Waals surface area contributed by atoms with E-state index in [4.69, 9.17) is 0 Å². The first kappa shape index (κ1) is 24.3. The van der Waals surface area contributed by atoms with E-state index < -0.39 is 16.1 Å². The van der Waals surface area contributed by atoms with Crippen molar-refractivity contribution in [2.75, 3.05) is 13.1 Å². The second-order valence-corrected chi connectivity index (χ2v) is 11.4. The molecule has 0 saturated heterocycles. The molecule has 1 aromatic rings. The summed E-state index contributed by atoms with van der Waals surface area (Å²) in [5.74, 6) is -0.395. The molecule has 0 aromatic carbocycles. The largest absolute Gasteiger partial charge is 0.355 e. The van der Waals surface area contributed by atoms with E-state index in [1.54, 1.807) is 17.5 Å². The number of nitrogens with one attached hydrogen (secondary N) is 2. The number of sulfonamides is 1. The molecule has 1 heterocycles. The highest BCUT2D eigenvalue weighted by atomic mass is 32.2. The zero-order valence-electron chi connectivity index (χ0n) is 18.2. The number of carbonyl (C=O) groups excluding carboxylic acids is 1. The monoisotopic (exact) mass is 443 g/mol. The van der Waals surface area contributed by atoms with E-state index in [-0.39, 0.29) is 16.0 Å². The molecule has 6 nitrogen and oxygen atoms in total. The Balaban J connectivity index is 1.85. The second kappa shape index (κ2) is 11.4. The van der Waals surface area contributed by atoms with Crippen LogP contribution < -0.4 is 10.0 Å². The van der Waals surface area contributed by atoms with Crippen LogP contribution in [0.2, 0.25) is 0 Å². The molecule has 1 aliphatic carbocycles. The summed E-state index contributed by atoms with van der Waals surface area (Å²) in [5, 5.41) is 4.65. The van der Waals surface area contributed by atoms with Gasteiger partial charge in [-0.05, 0) is 50.5 Å². The third-order valence-corrected chi connectivity index (χ3v) is 8.43. The van der Waals surface area contributed by atoms with Crippen LogP contribution in [0.25, 0.3) is 0 Å². The van der Waals surface area contributed by atoms with Crippen LogP contribution in [0, 0.1) is 5.92 Å². The summed E-state index contributed by atoms with van der Waals surface area (Å²) in [6.45, 7) is 9.69. The van der Waals surface area contributed by atoms with Crippen molar-refractivity contribution in [3.8, 4) is 0 Å². The maximum Gasteiger partial charge on any atom is 0.250 e. The Morgan fingerprint density at radius 1 is 1.21 bits per heavy atom. The minimum atomic E-state index is -3.68. The molecule has 2 N–H and O–H groups in total. The predicted molar refractivity (Wildman–Crippen MR) is 120 cm³/mol. The van der Waals surface area contributed by atoms with E-state index in [2.05, 4.69) is 28.8 Å². The van der Waals surface area contributed by atoms with Crippen LogP contribution in [-0.4, -0.2) is 50.4 Å². The molecule has 0 radical (unpaired) electrons. The first-order valence-corrected chi connectivity index (χ1v) is 13.2. The van der Waals surface area contributed by atoms with Crippen LogP contribution in [0.4, 0.5) is 0 Å². The molecule has 1 atom stereocenters. The molecule has 29 heavy (non-hydrogen) atoms. The maximum absolute atomic E-state index is 12.7. The number of carbonyl (C=O) groups is 1. The Labute approximate surface area is 180 Å². The number of thiophene rings is 1. The lowest BCUT2D eigenvalue weighted by molar-refractivity contribution is -0.123. The Bertz CT molecular complexity index is 712. The average molecular weight is 444 g/mol. The average Bonchev–Trinajstić information content (AvgIpc) is 3.22. The minimum absolute atomic E-state index is 0.140. The van der Waals surface area contributed by atoms with Gasteiger partial charge in [-0.3, -0.25) is 9.69 Å². The summed E-state index contributed by atoms with van der Waals surface area (Å²) in [4.78, 5) is 15.2. The van der Waals surface area contributed by atoms with E-state index in [9.17, 15) is 13.2 Å². The van der Waals surface area contributed by atoms with E-state index >= 15 is 0 Å². The number of hydrogen-bond donors (Lipinski definition) is 2. The SMILES string of the molecule is CC(C)C(NS(=O)(=O)c1cccs1)C(=O)NCCCN(C(C)C)C1CCCCC1. The van der Waals surface area contributed by atoms with Gasteiger partial charge in [-0.15, -0.1) is 11.3 Å². The van der Waals surface area contributed by atoms with Crippen molar-refractivity contribution < 1.29 is 13.2 Å². The van der Waals surface area contributed by atoms with E-state index in [0.717, 1.165) is 24.3 Å². The van der Waals surface area contributed by atoms with Crippen LogP contribution in [0.5, 0.6) is 0 Å². The fourth-order valence-electron chi connectivity index (χ4n) is 3.99. The van der Waals surface area contributed by atoms with E-state index in [1.165, 1.54) is 32.1 Å². The maximum atomic E-state index is 12.7. The smallest absolute Gasteiger partial charge is 0.250 e. The standard InChI is InChI=1S/C21H37N3O3S2/c1-16(2)20(23-29(26,27)19-12-8-15-28-19)21(25)22-13-9-14-24(17(3)4)18-10-6-5-7-11-18/h8,12,15-18,20,23H,5-7,9-11,13-14H2,1-4H3,(H,22,25).